The second-order valence-corrected chi connectivity index (χ2v) is 7.84. The topological polar surface area (TPSA) is 116 Å². The second-order valence-electron chi connectivity index (χ2n) is 7.84. The summed E-state index contributed by atoms with van der Waals surface area (Å²) in [4.78, 5) is 28.9. The van der Waals surface area contributed by atoms with Gasteiger partial charge in [0.05, 0.1) is 18.1 Å². The number of imidazole rings is 1. The summed E-state index contributed by atoms with van der Waals surface area (Å²) >= 11 is 0. The van der Waals surface area contributed by atoms with E-state index in [0.29, 0.717) is 29.2 Å². The lowest BCUT2D eigenvalue weighted by Gasteiger charge is -2.11. The molecule has 0 atom stereocenters. The number of carbonyl (C=O) groups is 2. The molecule has 0 saturated carbocycles. The van der Waals surface area contributed by atoms with Gasteiger partial charge in [-0.1, -0.05) is 17.4 Å². The molecule has 5 rings (SSSR count). The molecule has 10 nitrogen and oxygen atoms in total. The van der Waals surface area contributed by atoms with E-state index in [2.05, 4.69) is 25.9 Å². The van der Waals surface area contributed by atoms with Crippen LogP contribution >= 0.6 is 0 Å². The number of hydrogen-bond donors (Lipinski definition) is 2. The summed E-state index contributed by atoms with van der Waals surface area (Å²) in [5.41, 5.74) is 2.81. The van der Waals surface area contributed by atoms with Crippen LogP contribution in [0.5, 0.6) is 5.75 Å². The van der Waals surface area contributed by atoms with Gasteiger partial charge in [-0.05, 0) is 55.5 Å². The molecule has 176 valence electrons. The summed E-state index contributed by atoms with van der Waals surface area (Å²) in [5.74, 6) is 0.139. The van der Waals surface area contributed by atoms with Gasteiger partial charge in [0.25, 0.3) is 11.8 Å². The molecule has 4 aromatic rings. The second kappa shape index (κ2) is 9.64. The standard InChI is InChI=1S/C25H23N7O3/c1-2-27-24(33)17-3-7-20(8-4-17)32-22(23(29-30-32)25(34)28-18-5-6-18)15-35-21-11-9-19(10-12-21)31-14-13-26-16-31/h3-14,16,18H,2,15H2,1H3,(H,27,33)(H,28,34). The fourth-order valence-electron chi connectivity index (χ4n) is 3.48. The molecule has 2 heterocycles. The zero-order valence-corrected chi connectivity index (χ0v) is 19.0. The van der Waals surface area contributed by atoms with Gasteiger partial charge in [0.15, 0.2) is 5.69 Å². The molecule has 0 saturated heterocycles. The molecule has 0 spiro atoms. The molecule has 2 amide bonds. The number of benzene rings is 2. The van der Waals surface area contributed by atoms with Gasteiger partial charge in [-0.25, -0.2) is 9.67 Å². The molecule has 10 heteroatoms. The van der Waals surface area contributed by atoms with Crippen LogP contribution < -0.4 is 15.4 Å². The Labute approximate surface area is 201 Å². The van der Waals surface area contributed by atoms with Gasteiger partial charge in [-0.2, -0.15) is 0 Å². The van der Waals surface area contributed by atoms with Gasteiger partial charge in [0, 0.05) is 30.2 Å². The maximum atomic E-state index is 12.8. The van der Waals surface area contributed by atoms with Crippen LogP contribution in [0.1, 0.15) is 33.5 Å². The maximum absolute atomic E-state index is 12.8. The van der Waals surface area contributed by atoms with Crippen LogP contribution in [0.2, 0.25) is 0 Å². The van der Waals surface area contributed by atoms with Gasteiger partial charge in [-0.3, -0.25) is 9.59 Å². The highest BCUT2D eigenvalue weighted by Gasteiger charge is 2.24. The van der Waals surface area contributed by atoms with Gasteiger partial charge in [-0.15, -0.1) is 5.10 Å². The average molecular weight is 470 g/mol. The maximum Gasteiger partial charge on any atom is 0.274 e. The van der Waals surface area contributed by atoms with Gasteiger partial charge >= 0.3 is 0 Å². The van der Waals surface area contributed by atoms with Crippen molar-refractivity contribution in [2.75, 3.05) is 6.54 Å². The Morgan fingerprint density at radius 3 is 2.40 bits per heavy atom. The average Bonchev–Trinajstić information content (AvgIpc) is 3.34. The smallest absolute Gasteiger partial charge is 0.274 e. The lowest BCUT2D eigenvalue weighted by Crippen LogP contribution is -2.28. The molecule has 2 N–H and O–H groups in total. The summed E-state index contributed by atoms with van der Waals surface area (Å²) < 4.78 is 9.45. The van der Waals surface area contributed by atoms with E-state index < -0.39 is 0 Å². The first-order chi connectivity index (χ1) is 17.1. The van der Waals surface area contributed by atoms with Crippen LogP contribution in [0.4, 0.5) is 0 Å². The van der Waals surface area contributed by atoms with E-state index in [1.165, 1.54) is 0 Å². The summed E-state index contributed by atoms with van der Waals surface area (Å²) in [6, 6.07) is 14.4. The number of nitrogens with one attached hydrogen (secondary N) is 2. The molecule has 0 fully saturated rings. The first-order valence-electron chi connectivity index (χ1n) is 11.2. The fourth-order valence-corrected chi connectivity index (χ4v) is 3.48. The number of hydrogen-bond acceptors (Lipinski definition) is 6. The van der Waals surface area contributed by atoms with Crippen LogP contribution in [-0.2, 0) is 6.61 Å². The third-order valence-corrected chi connectivity index (χ3v) is 5.39. The van der Waals surface area contributed by atoms with E-state index in [1.807, 2.05) is 54.1 Å². The third-order valence-electron chi connectivity index (χ3n) is 5.39. The molecule has 2 aromatic carbocycles. The van der Waals surface area contributed by atoms with Crippen LogP contribution in [-0.4, -0.2) is 48.9 Å². The number of amides is 2. The largest absolute Gasteiger partial charge is 0.487 e. The predicted octanol–water partition coefficient (Wildman–Crippen LogP) is 2.45. The normalized spacial score (nSPS) is 12.4. The van der Waals surface area contributed by atoms with Crippen LogP contribution in [0, 0.1) is 0 Å². The van der Waals surface area contributed by atoms with Crippen molar-refractivity contribution in [3.05, 3.63) is 96.4 Å². The predicted molar refractivity (Wildman–Crippen MR) is 128 cm³/mol. The van der Waals surface area contributed by atoms with E-state index in [4.69, 9.17) is 4.74 Å². The zero-order valence-electron chi connectivity index (χ0n) is 19.0. The highest BCUT2D eigenvalue weighted by Crippen LogP contribution is 2.20. The number of aromatic nitrogens is 5. The van der Waals surface area contributed by atoms with Crippen molar-refractivity contribution in [1.82, 2.24) is 35.2 Å². The summed E-state index contributed by atoms with van der Waals surface area (Å²) in [6.07, 6.45) is 9.04. The highest BCUT2D eigenvalue weighted by atomic mass is 16.5. The molecule has 35 heavy (non-hydrogen) atoms. The number of carbonyl (C=O) groups excluding carboxylic acids is 2. The van der Waals surface area contributed by atoms with Gasteiger partial charge < -0.3 is 19.9 Å². The minimum atomic E-state index is -0.334. The van der Waals surface area contributed by atoms with Crippen molar-refractivity contribution in [2.24, 2.45) is 0 Å². The van der Waals surface area contributed by atoms with Crippen molar-refractivity contribution in [3.63, 3.8) is 0 Å². The first-order valence-corrected chi connectivity index (χ1v) is 11.2. The van der Waals surface area contributed by atoms with Crippen molar-refractivity contribution in [3.8, 4) is 17.1 Å². The van der Waals surface area contributed by atoms with Gasteiger partial charge in [0.2, 0.25) is 0 Å². The number of rotatable bonds is 9. The lowest BCUT2D eigenvalue weighted by molar-refractivity contribution is 0.0941. The molecule has 0 unspecified atom stereocenters. The summed E-state index contributed by atoms with van der Waals surface area (Å²) in [6.45, 7) is 2.47. The highest BCUT2D eigenvalue weighted by molar-refractivity contribution is 5.95. The van der Waals surface area contributed by atoms with E-state index in [1.54, 1.807) is 41.5 Å². The Hall–Kier alpha value is -4.73. The number of nitrogens with zero attached hydrogens (tertiary/aromatic N) is 5. The van der Waals surface area contributed by atoms with Crippen LogP contribution in [0.3, 0.4) is 0 Å². The Morgan fingerprint density at radius 2 is 1.74 bits per heavy atom. The molecular weight excluding hydrogens is 446 g/mol. The molecule has 0 bridgehead atoms. The SMILES string of the molecule is CCNC(=O)c1ccc(-n2nnc(C(=O)NC3C=C3)c2COc2ccc(-n3ccnc3)cc2)cc1. The Morgan fingerprint density at radius 1 is 1.00 bits per heavy atom. The van der Waals surface area contributed by atoms with Crippen LogP contribution in [0.25, 0.3) is 11.4 Å². The Bertz CT molecular complexity index is 1350. The fraction of sp³-hybridized carbons (Fsp3) is 0.160. The van der Waals surface area contributed by atoms with E-state index in [-0.39, 0.29) is 30.2 Å². The van der Waals surface area contributed by atoms with Crippen LogP contribution in [0.15, 0.2) is 79.4 Å². The molecule has 0 aliphatic heterocycles. The van der Waals surface area contributed by atoms with E-state index in [9.17, 15) is 9.59 Å². The third kappa shape index (κ3) is 4.96. The van der Waals surface area contributed by atoms with Crippen molar-refractivity contribution < 1.29 is 14.3 Å². The molecular formula is C25H23N7O3. The zero-order chi connectivity index (χ0) is 24.2. The molecule has 2 aromatic heterocycles. The first kappa shape index (κ1) is 22.1. The summed E-state index contributed by atoms with van der Waals surface area (Å²) in [7, 11) is 0. The monoisotopic (exact) mass is 469 g/mol. The van der Waals surface area contributed by atoms with Gasteiger partial charge in [0.1, 0.15) is 18.1 Å². The lowest BCUT2D eigenvalue weighted by atomic mass is 10.2. The minimum absolute atomic E-state index is 0.0616. The van der Waals surface area contributed by atoms with E-state index >= 15 is 0 Å². The Kier molecular flexibility index (Phi) is 6.08. The van der Waals surface area contributed by atoms with Crippen molar-refractivity contribution in [2.45, 2.75) is 19.6 Å². The number of ether oxygens (including phenoxy) is 1. The van der Waals surface area contributed by atoms with Crippen molar-refractivity contribution in [1.29, 1.82) is 0 Å². The molecule has 1 aliphatic carbocycles. The van der Waals surface area contributed by atoms with Crippen molar-refractivity contribution >= 4 is 11.8 Å². The quantitative estimate of drug-likeness (QED) is 0.364. The van der Waals surface area contributed by atoms with E-state index in [0.717, 1.165) is 5.69 Å². The molecule has 0 radical (unpaired) electrons. The summed E-state index contributed by atoms with van der Waals surface area (Å²) in [5, 5.41) is 13.9. The Balaban J connectivity index is 1.39. The molecule has 1 aliphatic rings. The minimum Gasteiger partial charge on any atom is -0.487 e.